The highest BCUT2D eigenvalue weighted by atomic mass is 19.1. The molecule has 3 heteroatoms. The molecule has 1 aliphatic heterocycles. The third-order valence-corrected chi connectivity index (χ3v) is 1.09. The summed E-state index contributed by atoms with van der Waals surface area (Å²) in [6.45, 7) is 0.431. The molecule has 0 saturated heterocycles. The molecule has 0 unspecified atom stereocenters. The minimum Gasteiger partial charge on any atom is -0.306 e. The Morgan fingerprint density at radius 1 is 1.78 bits per heavy atom. The molecule has 9 heavy (non-hydrogen) atoms. The maximum absolute atomic E-state index is 11.6. The third kappa shape index (κ3) is 1.83. The maximum atomic E-state index is 11.6. The molecule has 0 aliphatic carbocycles. The van der Waals surface area contributed by atoms with Gasteiger partial charge in [0.2, 0.25) is 0 Å². The van der Waals surface area contributed by atoms with Crippen molar-refractivity contribution in [3.8, 4) is 0 Å². The van der Waals surface area contributed by atoms with Gasteiger partial charge in [0, 0.05) is 6.42 Å². The number of alkyl halides is 1. The summed E-state index contributed by atoms with van der Waals surface area (Å²) in [6.07, 6.45) is 4.19. The van der Waals surface area contributed by atoms with Crippen molar-refractivity contribution in [2.45, 2.75) is 6.42 Å². The summed E-state index contributed by atoms with van der Waals surface area (Å²) in [5.74, 6) is 0. The first-order valence-corrected chi connectivity index (χ1v) is 2.95. The monoisotopic (exact) mass is 128 g/mol. The Kier molecular flexibility index (Phi) is 2.24. The average Bonchev–Trinajstić information content (AvgIpc) is 1.91. The summed E-state index contributed by atoms with van der Waals surface area (Å²) in [7, 11) is 0. The molecule has 1 aliphatic rings. The Morgan fingerprint density at radius 3 is 3.22 bits per heavy atom. The normalized spacial score (nSPS) is 16.8. The molecule has 0 aromatic carbocycles. The lowest BCUT2D eigenvalue weighted by atomic mass is 10.2. The number of halogens is 1. The van der Waals surface area contributed by atoms with E-state index in [1.54, 1.807) is 0 Å². The van der Waals surface area contributed by atoms with Crippen LogP contribution in [0.15, 0.2) is 17.3 Å². The van der Waals surface area contributed by atoms with E-state index in [0.29, 0.717) is 6.42 Å². The van der Waals surface area contributed by atoms with Gasteiger partial charge in [0.15, 0.2) is 0 Å². The number of hydrazone groups is 1. The second kappa shape index (κ2) is 3.22. The van der Waals surface area contributed by atoms with Gasteiger partial charge in [-0.2, -0.15) is 5.10 Å². The van der Waals surface area contributed by atoms with E-state index in [1.807, 2.05) is 12.2 Å². The van der Waals surface area contributed by atoms with Gasteiger partial charge < -0.3 is 5.43 Å². The van der Waals surface area contributed by atoms with Crippen molar-refractivity contribution in [2.75, 3.05) is 13.2 Å². The molecule has 50 valence electrons. The number of hydrogen-bond donors (Lipinski definition) is 1. The molecule has 0 aromatic heterocycles. The summed E-state index contributed by atoms with van der Waals surface area (Å²) in [6, 6.07) is 0. The zero-order chi connectivity index (χ0) is 6.53. The number of allylic oxidation sites excluding steroid dienone is 1. The van der Waals surface area contributed by atoms with Crippen LogP contribution in [0.2, 0.25) is 0 Å². The van der Waals surface area contributed by atoms with Gasteiger partial charge in [0.05, 0.1) is 18.9 Å². The van der Waals surface area contributed by atoms with Crippen LogP contribution in [0.1, 0.15) is 6.42 Å². The van der Waals surface area contributed by atoms with Gasteiger partial charge in [0.1, 0.15) is 0 Å². The summed E-state index contributed by atoms with van der Waals surface area (Å²) in [4.78, 5) is 0. The van der Waals surface area contributed by atoms with E-state index in [1.165, 1.54) is 0 Å². The van der Waals surface area contributed by atoms with E-state index in [9.17, 15) is 4.39 Å². The number of hydrogen-bond acceptors (Lipinski definition) is 2. The Bertz CT molecular complexity index is 140. The first-order valence-electron chi connectivity index (χ1n) is 2.95. The lowest BCUT2D eigenvalue weighted by Crippen LogP contribution is -2.14. The van der Waals surface area contributed by atoms with E-state index in [2.05, 4.69) is 10.5 Å². The summed E-state index contributed by atoms with van der Waals surface area (Å²) in [5.41, 5.74) is 3.55. The van der Waals surface area contributed by atoms with Gasteiger partial charge >= 0.3 is 0 Å². The van der Waals surface area contributed by atoms with Gasteiger partial charge in [-0.25, -0.2) is 0 Å². The second-order valence-electron chi connectivity index (χ2n) is 1.81. The van der Waals surface area contributed by atoms with Crippen molar-refractivity contribution in [3.05, 3.63) is 12.2 Å². The van der Waals surface area contributed by atoms with Gasteiger partial charge in [0.25, 0.3) is 0 Å². The lowest BCUT2D eigenvalue weighted by molar-refractivity contribution is 0.508. The van der Waals surface area contributed by atoms with E-state index < -0.39 is 0 Å². The first-order chi connectivity index (χ1) is 4.43. The van der Waals surface area contributed by atoms with Gasteiger partial charge in [-0.05, 0) is 6.08 Å². The molecule has 0 aromatic rings. The number of nitrogens with one attached hydrogen (secondary N) is 1. The largest absolute Gasteiger partial charge is 0.306 e. The molecule has 0 atom stereocenters. The van der Waals surface area contributed by atoms with Crippen LogP contribution in [0.25, 0.3) is 0 Å². The van der Waals surface area contributed by atoms with E-state index in [-0.39, 0.29) is 6.67 Å². The zero-order valence-corrected chi connectivity index (χ0v) is 5.10. The standard InChI is InChI=1S/C6H9FN2/c7-4-3-6-2-1-5-8-9-6/h1-2,8H,3-5H2. The van der Waals surface area contributed by atoms with Gasteiger partial charge in [-0.15, -0.1) is 0 Å². The summed E-state index contributed by atoms with van der Waals surface area (Å²) < 4.78 is 11.6. The van der Waals surface area contributed by atoms with Crippen LogP contribution in [0.3, 0.4) is 0 Å². The average molecular weight is 128 g/mol. The number of rotatable bonds is 2. The van der Waals surface area contributed by atoms with Crippen LogP contribution in [0.4, 0.5) is 4.39 Å². The molecular formula is C6H9FN2. The topological polar surface area (TPSA) is 24.4 Å². The Labute approximate surface area is 53.4 Å². The molecule has 0 fully saturated rings. The SMILES string of the molecule is FCCC1=NNCC=C1. The van der Waals surface area contributed by atoms with Crippen molar-refractivity contribution in [3.63, 3.8) is 0 Å². The molecule has 1 heterocycles. The van der Waals surface area contributed by atoms with Crippen molar-refractivity contribution in [1.29, 1.82) is 0 Å². The fourth-order valence-electron chi connectivity index (χ4n) is 0.668. The van der Waals surface area contributed by atoms with Crippen LogP contribution >= 0.6 is 0 Å². The van der Waals surface area contributed by atoms with Crippen molar-refractivity contribution >= 4 is 5.71 Å². The molecular weight excluding hydrogens is 119 g/mol. The molecule has 0 spiro atoms. The molecule has 1 rings (SSSR count). The van der Waals surface area contributed by atoms with E-state index in [4.69, 9.17) is 0 Å². The Hall–Kier alpha value is -0.860. The van der Waals surface area contributed by atoms with Crippen molar-refractivity contribution in [2.24, 2.45) is 5.10 Å². The molecule has 0 amide bonds. The molecule has 1 N–H and O–H groups in total. The second-order valence-corrected chi connectivity index (χ2v) is 1.81. The fourth-order valence-corrected chi connectivity index (χ4v) is 0.668. The van der Waals surface area contributed by atoms with Gasteiger partial charge in [-0.3, -0.25) is 4.39 Å². The van der Waals surface area contributed by atoms with Crippen LogP contribution in [-0.2, 0) is 0 Å². The molecule has 2 nitrogen and oxygen atoms in total. The highest BCUT2D eigenvalue weighted by Crippen LogP contribution is 1.92. The van der Waals surface area contributed by atoms with Crippen LogP contribution in [-0.4, -0.2) is 18.9 Å². The summed E-state index contributed by atoms with van der Waals surface area (Å²) >= 11 is 0. The smallest absolute Gasteiger partial charge is 0.0950 e. The highest BCUT2D eigenvalue weighted by Gasteiger charge is 1.95. The van der Waals surface area contributed by atoms with Gasteiger partial charge in [-0.1, -0.05) is 6.08 Å². The maximum Gasteiger partial charge on any atom is 0.0950 e. The first kappa shape index (κ1) is 6.26. The van der Waals surface area contributed by atoms with E-state index in [0.717, 1.165) is 12.3 Å². The Morgan fingerprint density at radius 2 is 2.67 bits per heavy atom. The van der Waals surface area contributed by atoms with E-state index >= 15 is 0 Å². The predicted molar refractivity (Wildman–Crippen MR) is 35.2 cm³/mol. The van der Waals surface area contributed by atoms with Crippen LogP contribution in [0.5, 0.6) is 0 Å². The van der Waals surface area contributed by atoms with Crippen LogP contribution in [0, 0.1) is 0 Å². The predicted octanol–water partition coefficient (Wildman–Crippen LogP) is 0.861. The number of nitrogens with zero attached hydrogens (tertiary/aromatic N) is 1. The quantitative estimate of drug-likeness (QED) is 0.586. The Balaban J connectivity index is 2.38. The third-order valence-electron chi connectivity index (χ3n) is 1.09. The molecule has 0 saturated carbocycles. The molecule has 0 bridgehead atoms. The zero-order valence-electron chi connectivity index (χ0n) is 5.10. The molecule has 0 radical (unpaired) electrons. The minimum atomic E-state index is -0.329. The van der Waals surface area contributed by atoms with Crippen molar-refractivity contribution in [1.82, 2.24) is 5.43 Å². The summed E-state index contributed by atoms with van der Waals surface area (Å²) in [5, 5.41) is 3.86. The van der Waals surface area contributed by atoms with Crippen LogP contribution < -0.4 is 5.43 Å². The highest BCUT2D eigenvalue weighted by molar-refractivity contribution is 5.95. The minimum absolute atomic E-state index is 0.329. The lowest BCUT2D eigenvalue weighted by Gasteiger charge is -2.03. The fraction of sp³-hybridized carbons (Fsp3) is 0.500. The van der Waals surface area contributed by atoms with Crippen molar-refractivity contribution < 1.29 is 4.39 Å².